The van der Waals surface area contributed by atoms with Crippen LogP contribution >= 0.6 is 0 Å². The number of hydrogen-bond acceptors (Lipinski definition) is 3. The SMILES string of the molecule is CC/C=C\C/C=C\C/C=C\C/C=C\C/C=C\C/C=C\C/C=C\C/C=C\C/C=C\C/C=C\CCCCCCCCCCCCC(=O)NC(CO)C(O)/C=C/CC/C=C/CC/C=C/CCCCCCCCCCCCCCCCCCCC. The van der Waals surface area contributed by atoms with Crippen LogP contribution in [0.4, 0.5) is 0 Å². The predicted octanol–water partition coefficient (Wildman–Crippen LogP) is 23.6. The number of aliphatic hydroxyl groups excluding tert-OH is 2. The summed E-state index contributed by atoms with van der Waals surface area (Å²) >= 11 is 0. The zero-order chi connectivity index (χ0) is 58.4. The zero-order valence-electron chi connectivity index (χ0n) is 53.0. The number of amides is 1. The largest absolute Gasteiger partial charge is 0.394 e. The van der Waals surface area contributed by atoms with E-state index in [0.717, 1.165) is 109 Å². The van der Waals surface area contributed by atoms with Crippen LogP contribution in [0.5, 0.6) is 0 Å². The molecule has 0 aliphatic heterocycles. The van der Waals surface area contributed by atoms with E-state index < -0.39 is 12.1 Å². The fourth-order valence-electron chi connectivity index (χ4n) is 9.59. The van der Waals surface area contributed by atoms with Crippen LogP contribution in [-0.2, 0) is 4.79 Å². The van der Waals surface area contributed by atoms with Gasteiger partial charge in [-0.1, -0.05) is 332 Å². The zero-order valence-corrected chi connectivity index (χ0v) is 53.0. The second-order valence-electron chi connectivity index (χ2n) is 22.5. The van der Waals surface area contributed by atoms with Crippen LogP contribution in [0.15, 0.2) is 158 Å². The molecular formula is C77H129NO3. The minimum absolute atomic E-state index is 0.0867. The van der Waals surface area contributed by atoms with Crippen molar-refractivity contribution in [2.24, 2.45) is 0 Å². The lowest BCUT2D eigenvalue weighted by atomic mass is 10.0. The van der Waals surface area contributed by atoms with E-state index in [9.17, 15) is 15.0 Å². The van der Waals surface area contributed by atoms with E-state index in [1.165, 1.54) is 173 Å². The van der Waals surface area contributed by atoms with Crippen molar-refractivity contribution in [3.63, 3.8) is 0 Å². The molecule has 0 bridgehead atoms. The Labute approximate surface area is 503 Å². The monoisotopic (exact) mass is 1120 g/mol. The van der Waals surface area contributed by atoms with Crippen LogP contribution in [0.1, 0.15) is 303 Å². The number of unbranched alkanes of at least 4 members (excludes halogenated alkanes) is 30. The highest BCUT2D eigenvalue weighted by Gasteiger charge is 2.18. The summed E-state index contributed by atoms with van der Waals surface area (Å²) in [6, 6.07) is -0.661. The average molecular weight is 1120 g/mol. The van der Waals surface area contributed by atoms with Gasteiger partial charge >= 0.3 is 0 Å². The summed E-state index contributed by atoms with van der Waals surface area (Å²) < 4.78 is 0. The Balaban J connectivity index is 3.63. The number of carbonyl (C=O) groups is 1. The standard InChI is InChI=1S/C77H129NO3/c1-3-5-7-9-11-13-15-17-19-21-23-25-27-29-31-33-34-35-36-37-38-39-40-41-42-43-44-45-47-49-51-53-55-57-59-61-63-65-67-69-71-73-77(81)78-75(74-79)76(80)72-70-68-66-64-62-60-58-56-54-52-50-48-46-32-30-28-26-24-22-20-18-16-14-12-10-8-6-4-2/h5,7,11,13,17,19,23,25,29,31,34-35,37-38,40-41,43-44,47,49,54,56,62,64,70,72,75-76,79-80H,3-4,6,8-10,12,14-16,18,20-22,24,26-28,30,32-33,36,39,42,45-46,48,50-53,55,57-61,63,65-69,71,73-74H2,1-2H3,(H,78,81)/b7-5-,13-11-,19-17-,25-23-,31-29-,35-34-,38-37-,41-40-,44-43-,49-47-,56-54+,64-62+,72-70+. The smallest absolute Gasteiger partial charge is 0.220 e. The minimum atomic E-state index is -0.884. The molecule has 0 aliphatic rings. The van der Waals surface area contributed by atoms with Gasteiger partial charge in [-0.25, -0.2) is 0 Å². The first-order valence-electron chi connectivity index (χ1n) is 34.2. The van der Waals surface area contributed by atoms with Crippen molar-refractivity contribution in [1.82, 2.24) is 5.32 Å². The molecule has 0 spiro atoms. The van der Waals surface area contributed by atoms with Gasteiger partial charge in [-0.2, -0.15) is 0 Å². The van der Waals surface area contributed by atoms with Gasteiger partial charge in [-0.15, -0.1) is 0 Å². The highest BCUT2D eigenvalue weighted by atomic mass is 16.3. The lowest BCUT2D eigenvalue weighted by Crippen LogP contribution is -2.45. The molecule has 2 atom stereocenters. The Morgan fingerprint density at radius 2 is 0.556 bits per heavy atom. The molecule has 0 aliphatic carbocycles. The number of hydrogen-bond donors (Lipinski definition) is 3. The highest BCUT2D eigenvalue weighted by molar-refractivity contribution is 5.76. The van der Waals surface area contributed by atoms with Crippen LogP contribution in [0.25, 0.3) is 0 Å². The van der Waals surface area contributed by atoms with Gasteiger partial charge in [-0.05, 0) is 122 Å². The van der Waals surface area contributed by atoms with Gasteiger partial charge in [0.1, 0.15) is 0 Å². The van der Waals surface area contributed by atoms with E-state index in [0.29, 0.717) is 6.42 Å². The fraction of sp³-hybridized carbons (Fsp3) is 0.649. The Kier molecular flexibility index (Phi) is 66.8. The van der Waals surface area contributed by atoms with Crippen molar-refractivity contribution in [2.75, 3.05) is 6.61 Å². The minimum Gasteiger partial charge on any atom is -0.394 e. The van der Waals surface area contributed by atoms with Crippen LogP contribution < -0.4 is 5.32 Å². The molecule has 0 heterocycles. The molecule has 4 heteroatoms. The van der Waals surface area contributed by atoms with Gasteiger partial charge in [-0.3, -0.25) is 4.79 Å². The molecule has 0 rings (SSSR count). The van der Waals surface area contributed by atoms with Crippen molar-refractivity contribution in [3.8, 4) is 0 Å². The molecule has 1 amide bonds. The van der Waals surface area contributed by atoms with Crippen molar-refractivity contribution < 1.29 is 15.0 Å². The van der Waals surface area contributed by atoms with E-state index in [2.05, 4.69) is 165 Å². The summed E-state index contributed by atoms with van der Waals surface area (Å²) in [5.41, 5.74) is 0. The quantitative estimate of drug-likeness (QED) is 0.0420. The molecule has 2 unspecified atom stereocenters. The summed E-state index contributed by atoms with van der Waals surface area (Å²) in [4.78, 5) is 12.5. The first kappa shape index (κ1) is 77.0. The van der Waals surface area contributed by atoms with E-state index >= 15 is 0 Å². The van der Waals surface area contributed by atoms with Crippen molar-refractivity contribution in [1.29, 1.82) is 0 Å². The summed E-state index contributed by atoms with van der Waals surface area (Å²) in [5, 5.41) is 23.2. The summed E-state index contributed by atoms with van der Waals surface area (Å²) in [6.45, 7) is 4.19. The number of allylic oxidation sites excluding steroid dienone is 25. The second kappa shape index (κ2) is 70.3. The first-order valence-corrected chi connectivity index (χ1v) is 34.2. The molecule has 0 saturated carbocycles. The maximum atomic E-state index is 12.5. The molecule has 0 fully saturated rings. The Bertz CT molecular complexity index is 1690. The molecule has 4 nitrogen and oxygen atoms in total. The van der Waals surface area contributed by atoms with Crippen LogP contribution in [0, 0.1) is 0 Å². The van der Waals surface area contributed by atoms with E-state index in [-0.39, 0.29) is 12.5 Å². The van der Waals surface area contributed by atoms with Crippen LogP contribution in [0.2, 0.25) is 0 Å². The molecule has 3 N–H and O–H groups in total. The van der Waals surface area contributed by atoms with Crippen molar-refractivity contribution in [3.05, 3.63) is 158 Å². The predicted molar refractivity (Wildman–Crippen MR) is 363 cm³/mol. The molecule has 460 valence electrons. The van der Waals surface area contributed by atoms with Gasteiger partial charge in [0.15, 0.2) is 0 Å². The third kappa shape index (κ3) is 66.7. The van der Waals surface area contributed by atoms with E-state index in [1.54, 1.807) is 6.08 Å². The Morgan fingerprint density at radius 3 is 0.864 bits per heavy atom. The number of aliphatic hydroxyl groups is 2. The molecule has 0 aromatic carbocycles. The lowest BCUT2D eigenvalue weighted by molar-refractivity contribution is -0.123. The third-order valence-corrected chi connectivity index (χ3v) is 14.7. The molecule has 0 saturated heterocycles. The van der Waals surface area contributed by atoms with E-state index in [4.69, 9.17) is 0 Å². The lowest BCUT2D eigenvalue weighted by Gasteiger charge is -2.19. The van der Waals surface area contributed by atoms with Crippen LogP contribution in [-0.4, -0.2) is 34.9 Å². The molecule has 81 heavy (non-hydrogen) atoms. The number of nitrogens with one attached hydrogen (secondary N) is 1. The van der Waals surface area contributed by atoms with Crippen molar-refractivity contribution >= 4 is 5.91 Å². The Morgan fingerprint density at radius 1 is 0.309 bits per heavy atom. The molecule has 0 aromatic heterocycles. The maximum absolute atomic E-state index is 12.5. The topological polar surface area (TPSA) is 69.6 Å². The fourth-order valence-corrected chi connectivity index (χ4v) is 9.59. The van der Waals surface area contributed by atoms with Gasteiger partial charge < -0.3 is 15.5 Å². The van der Waals surface area contributed by atoms with Gasteiger partial charge in [0, 0.05) is 6.42 Å². The summed E-state index contributed by atoms with van der Waals surface area (Å²) in [6.07, 6.45) is 112. The van der Waals surface area contributed by atoms with Gasteiger partial charge in [0.2, 0.25) is 5.91 Å². The third-order valence-electron chi connectivity index (χ3n) is 14.7. The van der Waals surface area contributed by atoms with Gasteiger partial charge in [0.05, 0.1) is 18.8 Å². The van der Waals surface area contributed by atoms with Crippen LogP contribution in [0.3, 0.4) is 0 Å². The Hall–Kier alpha value is -3.99. The molecular weight excluding hydrogens is 987 g/mol. The maximum Gasteiger partial charge on any atom is 0.220 e. The van der Waals surface area contributed by atoms with Gasteiger partial charge in [0.25, 0.3) is 0 Å². The van der Waals surface area contributed by atoms with Crippen molar-refractivity contribution in [2.45, 2.75) is 315 Å². The summed E-state index contributed by atoms with van der Waals surface area (Å²) in [7, 11) is 0. The number of carbonyl (C=O) groups excluding carboxylic acids is 1. The molecule has 0 radical (unpaired) electrons. The normalized spacial score (nSPS) is 13.8. The van der Waals surface area contributed by atoms with E-state index in [1.807, 2.05) is 6.08 Å². The first-order chi connectivity index (χ1) is 40.2. The molecule has 0 aromatic rings. The highest BCUT2D eigenvalue weighted by Crippen LogP contribution is 2.16. The average Bonchev–Trinajstić information content (AvgIpc) is 3.47. The number of rotatable bonds is 61. The summed E-state index contributed by atoms with van der Waals surface area (Å²) in [5.74, 6) is -0.0867. The second-order valence-corrected chi connectivity index (χ2v) is 22.5.